The molecule has 162 valence electrons. The third kappa shape index (κ3) is 6.30. The Morgan fingerprint density at radius 1 is 1.03 bits per heavy atom. The van der Waals surface area contributed by atoms with Crippen LogP contribution in [0, 0.1) is 6.92 Å². The molecule has 3 rings (SSSR count). The molecule has 0 aliphatic heterocycles. The molecule has 1 atom stereocenters. The molecule has 0 unspecified atom stereocenters. The quantitative estimate of drug-likeness (QED) is 0.512. The molecular formula is C23H23ClN2O4S. The largest absolute Gasteiger partial charge is 0.484 e. The van der Waals surface area contributed by atoms with Crippen molar-refractivity contribution in [2.75, 3.05) is 11.9 Å². The van der Waals surface area contributed by atoms with Gasteiger partial charge in [0.15, 0.2) is 6.61 Å². The number of ether oxygens (including phenoxy) is 1. The fraction of sp³-hybridized carbons (Fsp3) is 0.174. The maximum absolute atomic E-state index is 12.6. The molecule has 0 heterocycles. The lowest BCUT2D eigenvalue weighted by Gasteiger charge is -2.15. The van der Waals surface area contributed by atoms with Crippen LogP contribution in [0.2, 0.25) is 5.02 Å². The Bertz CT molecular complexity index is 1150. The van der Waals surface area contributed by atoms with Gasteiger partial charge in [-0.1, -0.05) is 48.0 Å². The van der Waals surface area contributed by atoms with E-state index in [1.54, 1.807) is 19.1 Å². The molecule has 6 nitrogen and oxygen atoms in total. The van der Waals surface area contributed by atoms with Gasteiger partial charge in [0.2, 0.25) is 10.0 Å². The fourth-order valence-electron chi connectivity index (χ4n) is 2.89. The first-order valence-corrected chi connectivity index (χ1v) is 11.5. The second kappa shape index (κ2) is 9.96. The van der Waals surface area contributed by atoms with E-state index >= 15 is 0 Å². The third-order valence-electron chi connectivity index (χ3n) is 4.61. The first-order valence-electron chi connectivity index (χ1n) is 9.61. The summed E-state index contributed by atoms with van der Waals surface area (Å²) in [5.74, 6) is 0.0356. The molecule has 0 bridgehead atoms. The Labute approximate surface area is 187 Å². The highest BCUT2D eigenvalue weighted by Crippen LogP contribution is 2.21. The zero-order valence-electron chi connectivity index (χ0n) is 17.1. The van der Waals surface area contributed by atoms with Gasteiger partial charge in [0, 0.05) is 16.8 Å². The Hall–Kier alpha value is -2.87. The van der Waals surface area contributed by atoms with Crippen LogP contribution < -0.4 is 14.8 Å². The molecule has 0 aliphatic carbocycles. The van der Waals surface area contributed by atoms with Crippen molar-refractivity contribution in [2.24, 2.45) is 0 Å². The number of hydrogen-bond acceptors (Lipinski definition) is 4. The lowest BCUT2D eigenvalue weighted by Crippen LogP contribution is -2.26. The number of rotatable bonds is 8. The number of halogens is 1. The van der Waals surface area contributed by atoms with Crippen LogP contribution in [-0.2, 0) is 14.8 Å². The van der Waals surface area contributed by atoms with Gasteiger partial charge in [0.05, 0.1) is 4.90 Å². The number of carbonyl (C=O) groups excluding carboxylic acids is 1. The van der Waals surface area contributed by atoms with E-state index < -0.39 is 10.0 Å². The van der Waals surface area contributed by atoms with Crippen LogP contribution in [0.15, 0.2) is 77.7 Å². The summed E-state index contributed by atoms with van der Waals surface area (Å²) in [6.45, 7) is 3.42. The Kier molecular flexibility index (Phi) is 7.33. The predicted molar refractivity (Wildman–Crippen MR) is 122 cm³/mol. The zero-order chi connectivity index (χ0) is 22.4. The van der Waals surface area contributed by atoms with Crippen molar-refractivity contribution in [3.05, 3.63) is 88.9 Å². The Morgan fingerprint density at radius 3 is 2.39 bits per heavy atom. The first-order chi connectivity index (χ1) is 14.7. The van der Waals surface area contributed by atoms with Crippen molar-refractivity contribution in [3.63, 3.8) is 0 Å². The van der Waals surface area contributed by atoms with Crippen LogP contribution in [0.1, 0.15) is 24.1 Å². The molecule has 0 aromatic heterocycles. The molecule has 0 fully saturated rings. The lowest BCUT2D eigenvalue weighted by molar-refractivity contribution is -0.118. The molecule has 0 aliphatic rings. The molecule has 0 spiro atoms. The van der Waals surface area contributed by atoms with Crippen LogP contribution in [0.4, 0.5) is 5.69 Å². The molecular weight excluding hydrogens is 436 g/mol. The standard InChI is InChI=1S/C23H23ClN2O4S/c1-16-8-9-19(24)14-22(16)25-23(27)15-30-20-10-12-21(13-11-20)31(28,29)26-17(2)18-6-4-3-5-7-18/h3-14,17,26H,15H2,1-2H3,(H,25,27)/t17-/m0/s1. The van der Waals surface area contributed by atoms with Crippen molar-refractivity contribution in [3.8, 4) is 5.75 Å². The van der Waals surface area contributed by atoms with Gasteiger partial charge >= 0.3 is 0 Å². The average Bonchev–Trinajstić information content (AvgIpc) is 2.75. The summed E-state index contributed by atoms with van der Waals surface area (Å²) >= 11 is 5.95. The number of amides is 1. The highest BCUT2D eigenvalue weighted by Gasteiger charge is 2.18. The number of anilines is 1. The molecule has 0 saturated carbocycles. The van der Waals surface area contributed by atoms with Gasteiger partial charge < -0.3 is 10.1 Å². The van der Waals surface area contributed by atoms with E-state index in [-0.39, 0.29) is 23.5 Å². The molecule has 1 amide bonds. The molecule has 31 heavy (non-hydrogen) atoms. The number of carbonyl (C=O) groups is 1. The normalized spacial score (nSPS) is 12.2. The average molecular weight is 459 g/mol. The van der Waals surface area contributed by atoms with Gasteiger partial charge in [0.25, 0.3) is 5.91 Å². The maximum atomic E-state index is 12.6. The molecule has 8 heteroatoms. The van der Waals surface area contributed by atoms with E-state index in [4.69, 9.17) is 16.3 Å². The molecule has 2 N–H and O–H groups in total. The third-order valence-corrected chi connectivity index (χ3v) is 6.40. The van der Waals surface area contributed by atoms with Gasteiger partial charge in [0.1, 0.15) is 5.75 Å². The summed E-state index contributed by atoms with van der Waals surface area (Å²) in [4.78, 5) is 12.3. The van der Waals surface area contributed by atoms with Crippen molar-refractivity contribution in [1.82, 2.24) is 4.72 Å². The maximum Gasteiger partial charge on any atom is 0.262 e. The van der Waals surface area contributed by atoms with Crippen LogP contribution in [-0.4, -0.2) is 20.9 Å². The zero-order valence-corrected chi connectivity index (χ0v) is 18.7. The van der Waals surface area contributed by atoms with Gasteiger partial charge in [-0.3, -0.25) is 4.79 Å². The van der Waals surface area contributed by atoms with Gasteiger partial charge in [-0.15, -0.1) is 0 Å². The summed E-state index contributed by atoms with van der Waals surface area (Å²) < 4.78 is 33.4. The van der Waals surface area contributed by atoms with Crippen LogP contribution >= 0.6 is 11.6 Å². The van der Waals surface area contributed by atoms with Crippen molar-refractivity contribution < 1.29 is 17.9 Å². The number of nitrogens with one attached hydrogen (secondary N) is 2. The fourth-order valence-corrected chi connectivity index (χ4v) is 4.29. The second-order valence-electron chi connectivity index (χ2n) is 7.02. The van der Waals surface area contributed by atoms with E-state index in [0.29, 0.717) is 16.5 Å². The van der Waals surface area contributed by atoms with Crippen molar-refractivity contribution in [1.29, 1.82) is 0 Å². The van der Waals surface area contributed by atoms with E-state index in [1.165, 1.54) is 24.3 Å². The number of sulfonamides is 1. The summed E-state index contributed by atoms with van der Waals surface area (Å²) in [5.41, 5.74) is 2.36. The highest BCUT2D eigenvalue weighted by atomic mass is 35.5. The van der Waals surface area contributed by atoms with E-state index in [1.807, 2.05) is 43.3 Å². The lowest BCUT2D eigenvalue weighted by atomic mass is 10.1. The van der Waals surface area contributed by atoms with Crippen molar-refractivity contribution >= 4 is 33.2 Å². The van der Waals surface area contributed by atoms with E-state index in [2.05, 4.69) is 10.0 Å². The second-order valence-corrected chi connectivity index (χ2v) is 9.17. The summed E-state index contributed by atoms with van der Waals surface area (Å²) in [7, 11) is -3.70. The van der Waals surface area contributed by atoms with Crippen molar-refractivity contribution in [2.45, 2.75) is 24.8 Å². The molecule has 0 radical (unpaired) electrons. The topological polar surface area (TPSA) is 84.5 Å². The molecule has 3 aromatic rings. The van der Waals surface area contributed by atoms with Crippen LogP contribution in [0.25, 0.3) is 0 Å². The van der Waals surface area contributed by atoms with E-state index in [0.717, 1.165) is 11.1 Å². The number of aryl methyl sites for hydroxylation is 1. The minimum atomic E-state index is -3.70. The first kappa shape index (κ1) is 22.8. The smallest absolute Gasteiger partial charge is 0.262 e. The van der Waals surface area contributed by atoms with Gasteiger partial charge in [-0.25, -0.2) is 13.1 Å². The van der Waals surface area contributed by atoms with Crippen LogP contribution in [0.3, 0.4) is 0 Å². The summed E-state index contributed by atoms with van der Waals surface area (Å²) in [5, 5.41) is 3.26. The molecule has 3 aromatic carbocycles. The number of benzene rings is 3. The Morgan fingerprint density at radius 2 is 1.71 bits per heavy atom. The highest BCUT2D eigenvalue weighted by molar-refractivity contribution is 7.89. The minimum Gasteiger partial charge on any atom is -0.484 e. The monoisotopic (exact) mass is 458 g/mol. The van der Waals surface area contributed by atoms with Crippen LogP contribution in [0.5, 0.6) is 5.75 Å². The summed E-state index contributed by atoms with van der Waals surface area (Å²) in [6.07, 6.45) is 0. The predicted octanol–water partition coefficient (Wildman–Crippen LogP) is 4.71. The number of hydrogen-bond donors (Lipinski definition) is 2. The Balaban J connectivity index is 1.58. The van der Waals surface area contributed by atoms with Gasteiger partial charge in [-0.2, -0.15) is 0 Å². The molecule has 0 saturated heterocycles. The minimum absolute atomic E-state index is 0.113. The summed E-state index contributed by atoms with van der Waals surface area (Å²) in [6, 6.07) is 20.1. The van der Waals surface area contributed by atoms with Gasteiger partial charge in [-0.05, 0) is 61.4 Å². The SMILES string of the molecule is Cc1ccc(Cl)cc1NC(=O)COc1ccc(S(=O)(=O)N[C@@H](C)c2ccccc2)cc1. The van der Waals surface area contributed by atoms with E-state index in [9.17, 15) is 13.2 Å².